The summed E-state index contributed by atoms with van der Waals surface area (Å²) < 4.78 is 5.44. The Labute approximate surface area is 130 Å². The van der Waals surface area contributed by atoms with Crippen LogP contribution >= 0.6 is 11.3 Å². The molecule has 2 atom stereocenters. The number of aromatic nitrogens is 1. The highest BCUT2D eigenvalue weighted by Crippen LogP contribution is 2.27. The number of rotatable bonds is 3. The second-order valence-corrected chi connectivity index (χ2v) is 7.51. The number of carbonyl (C=O) groups excluding carboxylic acids is 1. The van der Waals surface area contributed by atoms with Crippen LogP contribution in [0.15, 0.2) is 11.6 Å². The van der Waals surface area contributed by atoms with Gasteiger partial charge in [-0.05, 0) is 41.2 Å². The highest BCUT2D eigenvalue weighted by Gasteiger charge is 2.33. The Hall–Kier alpha value is -1.14. The molecule has 0 spiro atoms. The number of carbonyl (C=O) groups is 1. The number of thiazole rings is 1. The van der Waals surface area contributed by atoms with Crippen LogP contribution in [-0.4, -0.2) is 52.7 Å². The highest BCUT2D eigenvalue weighted by molar-refractivity contribution is 7.09. The molecule has 1 aromatic heterocycles. The molecule has 5 nitrogen and oxygen atoms in total. The van der Waals surface area contributed by atoms with Gasteiger partial charge in [-0.3, -0.25) is 4.90 Å². The lowest BCUT2D eigenvalue weighted by Crippen LogP contribution is -2.39. The summed E-state index contributed by atoms with van der Waals surface area (Å²) >= 11 is 1.68. The zero-order valence-corrected chi connectivity index (χ0v) is 14.3. The number of hydrogen-bond donors (Lipinski definition) is 0. The van der Waals surface area contributed by atoms with Crippen molar-refractivity contribution in [3.05, 3.63) is 16.6 Å². The summed E-state index contributed by atoms with van der Waals surface area (Å²) in [6, 6.07) is 0.630. The van der Waals surface area contributed by atoms with E-state index in [9.17, 15) is 4.79 Å². The quantitative estimate of drug-likeness (QED) is 0.860. The third-order valence-electron chi connectivity index (χ3n) is 3.81. The predicted octanol–water partition coefficient (Wildman–Crippen LogP) is 3.15. The van der Waals surface area contributed by atoms with Crippen molar-refractivity contribution in [1.82, 2.24) is 14.8 Å². The summed E-state index contributed by atoms with van der Waals surface area (Å²) in [6.45, 7) is 9.34. The number of likely N-dealkylation sites (N-methyl/N-ethyl adjacent to an activating group) is 1. The fraction of sp³-hybridized carbons (Fsp3) is 0.733. The van der Waals surface area contributed by atoms with E-state index in [-0.39, 0.29) is 12.1 Å². The van der Waals surface area contributed by atoms with Gasteiger partial charge in [-0.25, -0.2) is 9.78 Å². The molecule has 1 aliphatic heterocycles. The lowest BCUT2D eigenvalue weighted by Gasteiger charge is -2.30. The minimum atomic E-state index is -0.435. The molecule has 2 rings (SSSR count). The van der Waals surface area contributed by atoms with Gasteiger partial charge in [0.25, 0.3) is 0 Å². The molecule has 2 heterocycles. The molecule has 118 valence electrons. The summed E-state index contributed by atoms with van der Waals surface area (Å²) in [4.78, 5) is 20.6. The van der Waals surface area contributed by atoms with Crippen LogP contribution in [0.3, 0.4) is 0 Å². The van der Waals surface area contributed by atoms with Crippen molar-refractivity contribution in [3.8, 4) is 0 Å². The van der Waals surface area contributed by atoms with Crippen LogP contribution in [-0.2, 0) is 4.74 Å². The summed E-state index contributed by atoms with van der Waals surface area (Å²) in [6.07, 6.45) is 2.61. The van der Waals surface area contributed by atoms with Crippen molar-refractivity contribution in [2.75, 3.05) is 20.1 Å². The van der Waals surface area contributed by atoms with Crippen molar-refractivity contribution >= 4 is 17.4 Å². The lowest BCUT2D eigenvalue weighted by atomic mass is 10.2. The van der Waals surface area contributed by atoms with Crippen LogP contribution in [0.1, 0.15) is 45.2 Å². The number of nitrogens with zero attached hydrogens (tertiary/aromatic N) is 3. The Balaban J connectivity index is 1.91. The van der Waals surface area contributed by atoms with Crippen LogP contribution in [0.25, 0.3) is 0 Å². The van der Waals surface area contributed by atoms with E-state index >= 15 is 0 Å². The van der Waals surface area contributed by atoms with Gasteiger partial charge in [0.1, 0.15) is 10.6 Å². The summed E-state index contributed by atoms with van der Waals surface area (Å²) in [5.74, 6) is 0. The Morgan fingerprint density at radius 1 is 1.57 bits per heavy atom. The van der Waals surface area contributed by atoms with E-state index in [4.69, 9.17) is 4.74 Å². The second-order valence-electron chi connectivity index (χ2n) is 6.58. The number of likely N-dealkylation sites (tertiary alicyclic amines) is 1. The van der Waals surface area contributed by atoms with E-state index in [1.54, 1.807) is 16.2 Å². The smallest absolute Gasteiger partial charge is 0.410 e. The van der Waals surface area contributed by atoms with Gasteiger partial charge >= 0.3 is 6.09 Å². The van der Waals surface area contributed by atoms with Crippen LogP contribution in [0, 0.1) is 0 Å². The maximum Gasteiger partial charge on any atom is 0.410 e. The maximum absolute atomic E-state index is 12.1. The molecular weight excluding hydrogens is 286 g/mol. The zero-order valence-electron chi connectivity index (χ0n) is 13.5. The van der Waals surface area contributed by atoms with Gasteiger partial charge in [0.05, 0.1) is 6.04 Å². The monoisotopic (exact) mass is 311 g/mol. The molecular formula is C15H25N3O2S. The second kappa shape index (κ2) is 6.32. The van der Waals surface area contributed by atoms with Crippen molar-refractivity contribution in [2.24, 2.45) is 0 Å². The van der Waals surface area contributed by atoms with E-state index in [2.05, 4.69) is 23.9 Å². The number of ether oxygens (including phenoxy) is 1. The van der Waals surface area contributed by atoms with E-state index in [0.717, 1.165) is 24.5 Å². The van der Waals surface area contributed by atoms with Crippen molar-refractivity contribution < 1.29 is 9.53 Å². The fourth-order valence-electron chi connectivity index (χ4n) is 2.50. The number of hydrogen-bond acceptors (Lipinski definition) is 5. The van der Waals surface area contributed by atoms with Crippen LogP contribution in [0.4, 0.5) is 4.79 Å². The molecule has 0 N–H and O–H groups in total. The molecule has 0 radical (unpaired) electrons. The largest absolute Gasteiger partial charge is 0.444 e. The fourth-order valence-corrected chi connectivity index (χ4v) is 3.24. The third-order valence-corrected chi connectivity index (χ3v) is 4.76. The topological polar surface area (TPSA) is 45.7 Å². The van der Waals surface area contributed by atoms with Gasteiger partial charge in [0, 0.05) is 30.7 Å². The molecule has 0 bridgehead atoms. The predicted molar refractivity (Wildman–Crippen MR) is 84.5 cm³/mol. The molecule has 2 unspecified atom stereocenters. The maximum atomic E-state index is 12.1. The Morgan fingerprint density at radius 3 is 2.86 bits per heavy atom. The normalized spacial score (nSPS) is 20.9. The molecule has 21 heavy (non-hydrogen) atoms. The molecule has 0 aliphatic carbocycles. The average Bonchev–Trinajstić information content (AvgIpc) is 3.06. The summed E-state index contributed by atoms with van der Waals surface area (Å²) in [7, 11) is 2.11. The van der Waals surface area contributed by atoms with Gasteiger partial charge < -0.3 is 9.64 Å². The van der Waals surface area contributed by atoms with Gasteiger partial charge in [-0.2, -0.15) is 0 Å². The van der Waals surface area contributed by atoms with Crippen LogP contribution in [0.2, 0.25) is 0 Å². The van der Waals surface area contributed by atoms with Crippen LogP contribution < -0.4 is 0 Å². The van der Waals surface area contributed by atoms with Crippen molar-refractivity contribution in [1.29, 1.82) is 0 Å². The highest BCUT2D eigenvalue weighted by atomic mass is 32.1. The van der Waals surface area contributed by atoms with E-state index < -0.39 is 5.60 Å². The van der Waals surface area contributed by atoms with Crippen LogP contribution in [0.5, 0.6) is 0 Å². The summed E-state index contributed by atoms with van der Waals surface area (Å²) in [5.41, 5.74) is -0.435. The SMILES string of the molecule is CC(c1nccs1)N(C)C1CCN(C(=O)OC(C)(C)C)C1. The Kier molecular flexibility index (Phi) is 4.88. The first kappa shape index (κ1) is 16.2. The third kappa shape index (κ3) is 4.17. The van der Waals surface area contributed by atoms with E-state index in [0.29, 0.717) is 6.04 Å². The van der Waals surface area contributed by atoms with Gasteiger partial charge in [0.2, 0.25) is 0 Å². The standard InChI is InChI=1S/C15H25N3O2S/c1-11(13-16-7-9-21-13)17(5)12-6-8-18(10-12)14(19)20-15(2,3)4/h7,9,11-12H,6,8,10H2,1-5H3. The first-order valence-electron chi connectivity index (χ1n) is 7.37. The number of amides is 1. The van der Waals surface area contributed by atoms with Gasteiger partial charge in [-0.15, -0.1) is 11.3 Å². The Morgan fingerprint density at radius 2 is 2.29 bits per heavy atom. The molecule has 1 saturated heterocycles. The van der Waals surface area contributed by atoms with E-state index in [1.807, 2.05) is 32.3 Å². The molecule has 1 aromatic rings. The zero-order chi connectivity index (χ0) is 15.6. The van der Waals surface area contributed by atoms with Gasteiger partial charge in [0.15, 0.2) is 0 Å². The molecule has 1 fully saturated rings. The minimum absolute atomic E-state index is 0.208. The minimum Gasteiger partial charge on any atom is -0.444 e. The molecule has 0 aromatic carbocycles. The summed E-state index contributed by atoms with van der Waals surface area (Å²) in [5, 5.41) is 3.12. The first-order valence-corrected chi connectivity index (χ1v) is 8.25. The van der Waals surface area contributed by atoms with Gasteiger partial charge in [-0.1, -0.05) is 0 Å². The molecule has 1 aliphatic rings. The molecule has 0 saturated carbocycles. The first-order chi connectivity index (χ1) is 9.78. The Bertz CT molecular complexity index is 470. The van der Waals surface area contributed by atoms with E-state index in [1.165, 1.54) is 0 Å². The molecule has 1 amide bonds. The average molecular weight is 311 g/mol. The van der Waals surface area contributed by atoms with Crippen molar-refractivity contribution in [3.63, 3.8) is 0 Å². The molecule has 6 heteroatoms. The van der Waals surface area contributed by atoms with Crippen molar-refractivity contribution in [2.45, 2.75) is 51.8 Å². The lowest BCUT2D eigenvalue weighted by molar-refractivity contribution is 0.0278.